The summed E-state index contributed by atoms with van der Waals surface area (Å²) >= 11 is 1.41. The van der Waals surface area contributed by atoms with Crippen molar-refractivity contribution >= 4 is 35.4 Å². The molecule has 1 saturated carbocycles. The maximum Gasteiger partial charge on any atom is 0.254 e. The van der Waals surface area contributed by atoms with E-state index in [9.17, 15) is 9.59 Å². The van der Waals surface area contributed by atoms with Crippen molar-refractivity contribution in [3.05, 3.63) is 57.8 Å². The normalized spacial score (nSPS) is 17.4. The van der Waals surface area contributed by atoms with Gasteiger partial charge in [0.05, 0.1) is 10.4 Å². The third-order valence-electron chi connectivity index (χ3n) is 5.32. The number of nitrogens with zero attached hydrogens (tertiary/aromatic N) is 1. The molecule has 1 saturated heterocycles. The Morgan fingerprint density at radius 2 is 1.70 bits per heavy atom. The average Bonchev–Trinajstić information content (AvgIpc) is 3.36. The molecule has 2 aromatic rings. The van der Waals surface area contributed by atoms with Gasteiger partial charge < -0.3 is 10.2 Å². The summed E-state index contributed by atoms with van der Waals surface area (Å²) in [4.78, 5) is 28.4. The lowest BCUT2D eigenvalue weighted by molar-refractivity contribution is 0.0701. The van der Waals surface area contributed by atoms with Crippen LogP contribution in [0.1, 0.15) is 51.3 Å². The highest BCUT2D eigenvalue weighted by Crippen LogP contribution is 2.28. The van der Waals surface area contributed by atoms with Gasteiger partial charge in [0.1, 0.15) is 0 Å². The Kier molecular flexibility index (Phi) is 6.68. The number of carbonyl (C=O) groups excluding carboxylic acids is 2. The Morgan fingerprint density at radius 3 is 2.33 bits per heavy atom. The molecule has 1 N–H and O–H groups in total. The van der Waals surface area contributed by atoms with Crippen LogP contribution >= 0.6 is 23.7 Å². The molecule has 0 spiro atoms. The van der Waals surface area contributed by atoms with Crippen LogP contribution in [-0.2, 0) is 0 Å². The number of hydrogen-bond acceptors (Lipinski definition) is 4. The standard InChI is InChI=1S/C21H24N2O2S.ClH/c24-20(19-6-3-13-26-19)17-4-1-2-5-18(17)21(25)23-11-9-16(10-12-23)22-14-15-7-8-15;/h1-6,13,15-16,22H,7-12,14H2;1H. The number of thiophene rings is 1. The molecule has 1 aliphatic heterocycles. The summed E-state index contributed by atoms with van der Waals surface area (Å²) in [5, 5.41) is 5.53. The molecule has 1 amide bonds. The molecule has 2 fully saturated rings. The number of benzene rings is 1. The number of ketones is 1. The van der Waals surface area contributed by atoms with Gasteiger partial charge in [-0.1, -0.05) is 24.3 Å². The molecule has 4 rings (SSSR count). The predicted molar refractivity (Wildman–Crippen MR) is 111 cm³/mol. The van der Waals surface area contributed by atoms with Crippen LogP contribution < -0.4 is 5.32 Å². The van der Waals surface area contributed by atoms with E-state index < -0.39 is 0 Å². The number of nitrogens with one attached hydrogen (secondary N) is 1. The zero-order valence-corrected chi connectivity index (χ0v) is 16.9. The van der Waals surface area contributed by atoms with Crippen LogP contribution in [0.4, 0.5) is 0 Å². The quantitative estimate of drug-likeness (QED) is 0.740. The first-order valence-corrected chi connectivity index (χ1v) is 10.3. The largest absolute Gasteiger partial charge is 0.339 e. The number of hydrogen-bond donors (Lipinski definition) is 1. The van der Waals surface area contributed by atoms with E-state index in [1.165, 1.54) is 24.2 Å². The van der Waals surface area contributed by atoms with Gasteiger partial charge in [0.25, 0.3) is 5.91 Å². The van der Waals surface area contributed by atoms with Gasteiger partial charge in [-0.05, 0) is 55.7 Å². The van der Waals surface area contributed by atoms with Crippen LogP contribution in [0.15, 0.2) is 41.8 Å². The van der Waals surface area contributed by atoms with Gasteiger partial charge >= 0.3 is 0 Å². The van der Waals surface area contributed by atoms with Gasteiger partial charge in [0.15, 0.2) is 0 Å². The molecule has 0 atom stereocenters. The van der Waals surface area contributed by atoms with Crippen molar-refractivity contribution in [1.29, 1.82) is 0 Å². The molecular formula is C21H25ClN2O2S. The molecule has 2 heterocycles. The van der Waals surface area contributed by atoms with Crippen molar-refractivity contribution in [2.75, 3.05) is 19.6 Å². The van der Waals surface area contributed by atoms with E-state index in [2.05, 4.69) is 5.32 Å². The van der Waals surface area contributed by atoms with Gasteiger partial charge in [-0.3, -0.25) is 9.59 Å². The second kappa shape index (κ2) is 9.00. The molecule has 144 valence electrons. The highest BCUT2D eigenvalue weighted by Gasteiger charge is 2.28. The van der Waals surface area contributed by atoms with E-state index in [1.807, 2.05) is 34.5 Å². The summed E-state index contributed by atoms with van der Waals surface area (Å²) in [5.74, 6) is 0.792. The number of halogens is 1. The number of rotatable bonds is 6. The van der Waals surface area contributed by atoms with E-state index in [0.717, 1.165) is 38.4 Å². The monoisotopic (exact) mass is 404 g/mol. The predicted octanol–water partition coefficient (Wildman–Crippen LogP) is 4.01. The smallest absolute Gasteiger partial charge is 0.254 e. The minimum atomic E-state index is -0.0649. The number of piperidine rings is 1. The fraction of sp³-hybridized carbons (Fsp3) is 0.429. The van der Waals surface area contributed by atoms with E-state index in [0.29, 0.717) is 22.0 Å². The lowest BCUT2D eigenvalue weighted by Crippen LogP contribution is -2.45. The Hall–Kier alpha value is -1.69. The summed E-state index contributed by atoms with van der Waals surface area (Å²) < 4.78 is 0. The van der Waals surface area contributed by atoms with Gasteiger partial charge in [0, 0.05) is 24.7 Å². The molecule has 1 aliphatic carbocycles. The van der Waals surface area contributed by atoms with Crippen LogP contribution in [0, 0.1) is 5.92 Å². The van der Waals surface area contributed by atoms with Crippen LogP contribution in [0.2, 0.25) is 0 Å². The number of carbonyl (C=O) groups is 2. The van der Waals surface area contributed by atoms with Crippen molar-refractivity contribution in [3.8, 4) is 0 Å². The molecule has 1 aromatic carbocycles. The summed E-state index contributed by atoms with van der Waals surface area (Å²) in [7, 11) is 0. The number of amides is 1. The van der Waals surface area contributed by atoms with Crippen LogP contribution in [0.25, 0.3) is 0 Å². The molecule has 0 bridgehead atoms. The third-order valence-corrected chi connectivity index (χ3v) is 6.19. The van der Waals surface area contributed by atoms with E-state index in [-0.39, 0.29) is 24.1 Å². The molecule has 0 radical (unpaired) electrons. The summed E-state index contributed by atoms with van der Waals surface area (Å²) in [6.07, 6.45) is 4.69. The van der Waals surface area contributed by atoms with Crippen LogP contribution in [-0.4, -0.2) is 42.3 Å². The Balaban J connectivity index is 0.00000210. The van der Waals surface area contributed by atoms with Crippen molar-refractivity contribution < 1.29 is 9.59 Å². The minimum Gasteiger partial charge on any atom is -0.339 e. The Labute approximate surface area is 170 Å². The molecule has 6 heteroatoms. The molecular weight excluding hydrogens is 380 g/mol. The first kappa shape index (κ1) is 20.1. The van der Waals surface area contributed by atoms with Gasteiger partial charge in [-0.15, -0.1) is 23.7 Å². The zero-order chi connectivity index (χ0) is 17.9. The first-order chi connectivity index (χ1) is 12.7. The van der Waals surface area contributed by atoms with E-state index in [1.54, 1.807) is 12.1 Å². The van der Waals surface area contributed by atoms with Crippen molar-refractivity contribution in [3.63, 3.8) is 0 Å². The molecule has 2 aliphatic rings. The molecule has 27 heavy (non-hydrogen) atoms. The molecule has 1 aromatic heterocycles. The summed E-state index contributed by atoms with van der Waals surface area (Å²) in [6.45, 7) is 2.63. The SMILES string of the molecule is Cl.O=C(c1cccs1)c1ccccc1C(=O)N1CCC(NCC2CC2)CC1. The van der Waals surface area contributed by atoms with Gasteiger partial charge in [0.2, 0.25) is 5.78 Å². The third kappa shape index (κ3) is 4.78. The Morgan fingerprint density at radius 1 is 1.00 bits per heavy atom. The van der Waals surface area contributed by atoms with Crippen molar-refractivity contribution in [1.82, 2.24) is 10.2 Å². The van der Waals surface area contributed by atoms with Gasteiger partial charge in [-0.25, -0.2) is 0 Å². The van der Waals surface area contributed by atoms with Crippen molar-refractivity contribution in [2.24, 2.45) is 5.92 Å². The lowest BCUT2D eigenvalue weighted by atomic mass is 9.99. The lowest BCUT2D eigenvalue weighted by Gasteiger charge is -2.33. The van der Waals surface area contributed by atoms with E-state index in [4.69, 9.17) is 0 Å². The number of likely N-dealkylation sites (tertiary alicyclic amines) is 1. The highest BCUT2D eigenvalue weighted by atomic mass is 35.5. The fourth-order valence-electron chi connectivity index (χ4n) is 3.52. The second-order valence-electron chi connectivity index (χ2n) is 7.27. The maximum atomic E-state index is 13.0. The highest BCUT2D eigenvalue weighted by molar-refractivity contribution is 7.12. The summed E-state index contributed by atoms with van der Waals surface area (Å²) in [6, 6.07) is 11.4. The molecule has 4 nitrogen and oxygen atoms in total. The zero-order valence-electron chi connectivity index (χ0n) is 15.2. The minimum absolute atomic E-state index is 0. The fourth-order valence-corrected chi connectivity index (χ4v) is 4.20. The molecule has 0 unspecified atom stereocenters. The summed E-state index contributed by atoms with van der Waals surface area (Å²) in [5.41, 5.74) is 1.03. The van der Waals surface area contributed by atoms with E-state index >= 15 is 0 Å². The second-order valence-corrected chi connectivity index (χ2v) is 8.22. The van der Waals surface area contributed by atoms with Crippen LogP contribution in [0.3, 0.4) is 0 Å². The maximum absolute atomic E-state index is 13.0. The topological polar surface area (TPSA) is 49.4 Å². The van der Waals surface area contributed by atoms with Crippen molar-refractivity contribution in [2.45, 2.75) is 31.7 Å². The van der Waals surface area contributed by atoms with Gasteiger partial charge in [-0.2, -0.15) is 0 Å². The average molecular weight is 405 g/mol. The first-order valence-electron chi connectivity index (χ1n) is 9.42. The Bertz CT molecular complexity index is 781. The van der Waals surface area contributed by atoms with Crippen LogP contribution in [0.5, 0.6) is 0 Å².